The van der Waals surface area contributed by atoms with Crippen LogP contribution in [0, 0.1) is 19.8 Å². The van der Waals surface area contributed by atoms with Crippen LogP contribution in [0.2, 0.25) is 0 Å². The Kier molecular flexibility index (Phi) is 2.81. The second-order valence-electron chi connectivity index (χ2n) is 6.82. The summed E-state index contributed by atoms with van der Waals surface area (Å²) >= 11 is 0. The van der Waals surface area contributed by atoms with E-state index in [1.54, 1.807) is 5.57 Å². The number of imidazole rings is 1. The minimum absolute atomic E-state index is 0.678. The fraction of sp³-hybridized carbons (Fsp3) is 0.421. The number of aryl methyl sites for hydroxylation is 2. The van der Waals surface area contributed by atoms with Crippen LogP contribution < -0.4 is 4.57 Å². The lowest BCUT2D eigenvalue weighted by molar-refractivity contribution is -0.595. The molecule has 2 nitrogen and oxygen atoms in total. The van der Waals surface area contributed by atoms with Gasteiger partial charge in [-0.05, 0) is 69.4 Å². The first-order valence-corrected chi connectivity index (χ1v) is 8.02. The van der Waals surface area contributed by atoms with Gasteiger partial charge in [0.2, 0.25) is 6.33 Å². The standard InChI is InChI=1S/C19H23N2/c1-13-7-14(2)9-16(8-13)20-11-17-10-15(3)18-5-4-6-19(18)21(17)12-20/h7-12,18-19H,4-6H2,1-3H3/q+1. The van der Waals surface area contributed by atoms with Crippen LogP contribution in [0.5, 0.6) is 0 Å². The molecule has 0 radical (unpaired) electrons. The SMILES string of the molecule is CC1=Cc2c[n+](-c3cc(C)cc(C)c3)cn2C2CCCC12. The number of hydrogen-bond donors (Lipinski definition) is 0. The van der Waals surface area contributed by atoms with Crippen molar-refractivity contribution < 1.29 is 4.57 Å². The topological polar surface area (TPSA) is 8.81 Å². The number of rotatable bonds is 1. The molecule has 1 saturated carbocycles. The van der Waals surface area contributed by atoms with Crippen LogP contribution in [-0.4, -0.2) is 4.57 Å². The molecule has 2 aromatic rings. The van der Waals surface area contributed by atoms with Crippen molar-refractivity contribution in [2.75, 3.05) is 0 Å². The summed E-state index contributed by atoms with van der Waals surface area (Å²) in [6, 6.07) is 7.44. The van der Waals surface area contributed by atoms with Gasteiger partial charge in [-0.2, -0.15) is 0 Å². The third-order valence-corrected chi connectivity index (χ3v) is 5.12. The summed E-state index contributed by atoms with van der Waals surface area (Å²) in [6.07, 6.45) is 11.0. The Morgan fingerprint density at radius 3 is 2.57 bits per heavy atom. The molecular formula is C19H23N2+. The molecule has 1 aliphatic carbocycles. The van der Waals surface area contributed by atoms with E-state index in [9.17, 15) is 0 Å². The number of fused-ring (bicyclic) bond motifs is 3. The van der Waals surface area contributed by atoms with Crippen LogP contribution in [0.3, 0.4) is 0 Å². The second kappa shape index (κ2) is 4.59. The number of allylic oxidation sites excluding steroid dienone is 1. The predicted octanol–water partition coefficient (Wildman–Crippen LogP) is 4.14. The van der Waals surface area contributed by atoms with E-state index in [4.69, 9.17) is 0 Å². The minimum Gasteiger partial charge on any atom is -0.227 e. The van der Waals surface area contributed by atoms with Crippen molar-refractivity contribution >= 4 is 6.08 Å². The van der Waals surface area contributed by atoms with Gasteiger partial charge in [-0.3, -0.25) is 0 Å². The van der Waals surface area contributed by atoms with Crippen molar-refractivity contribution in [3.63, 3.8) is 0 Å². The summed E-state index contributed by atoms with van der Waals surface area (Å²) in [7, 11) is 0. The smallest absolute Gasteiger partial charge is 0.227 e. The first kappa shape index (κ1) is 12.9. The van der Waals surface area contributed by atoms with Crippen LogP contribution in [-0.2, 0) is 0 Å². The molecule has 21 heavy (non-hydrogen) atoms. The summed E-state index contributed by atoms with van der Waals surface area (Å²) in [5.74, 6) is 0.762. The lowest BCUT2D eigenvalue weighted by Crippen LogP contribution is -2.28. The number of aromatic nitrogens is 2. The third-order valence-electron chi connectivity index (χ3n) is 5.12. The highest BCUT2D eigenvalue weighted by molar-refractivity contribution is 5.51. The van der Waals surface area contributed by atoms with Crippen LogP contribution in [0.25, 0.3) is 11.8 Å². The van der Waals surface area contributed by atoms with E-state index < -0.39 is 0 Å². The lowest BCUT2D eigenvalue weighted by Gasteiger charge is -2.22. The molecule has 108 valence electrons. The molecule has 0 N–H and O–H groups in total. The fourth-order valence-electron chi connectivity index (χ4n) is 4.22. The van der Waals surface area contributed by atoms with Gasteiger partial charge >= 0.3 is 0 Å². The van der Waals surface area contributed by atoms with E-state index in [0.717, 1.165) is 5.92 Å². The number of hydrogen-bond acceptors (Lipinski definition) is 0. The summed E-state index contributed by atoms with van der Waals surface area (Å²) in [5.41, 5.74) is 6.85. The van der Waals surface area contributed by atoms with Crippen molar-refractivity contribution in [3.8, 4) is 5.69 Å². The zero-order chi connectivity index (χ0) is 14.6. The molecule has 1 aromatic carbocycles. The van der Waals surface area contributed by atoms with E-state index in [2.05, 4.69) is 66.7 Å². The van der Waals surface area contributed by atoms with Crippen molar-refractivity contribution in [1.29, 1.82) is 0 Å². The zero-order valence-corrected chi connectivity index (χ0v) is 13.1. The van der Waals surface area contributed by atoms with Gasteiger partial charge in [0.1, 0.15) is 17.9 Å². The molecule has 2 heterocycles. The average Bonchev–Trinajstić information content (AvgIpc) is 3.02. The maximum atomic E-state index is 2.50. The van der Waals surface area contributed by atoms with Crippen LogP contribution in [0.1, 0.15) is 49.0 Å². The summed E-state index contributed by atoms with van der Waals surface area (Å²) in [5, 5.41) is 0. The molecular weight excluding hydrogens is 256 g/mol. The van der Waals surface area contributed by atoms with Crippen LogP contribution in [0.15, 0.2) is 36.3 Å². The van der Waals surface area contributed by atoms with Crippen molar-refractivity contribution in [2.45, 2.75) is 46.1 Å². The van der Waals surface area contributed by atoms with E-state index in [1.165, 1.54) is 41.8 Å². The maximum absolute atomic E-state index is 2.50. The second-order valence-corrected chi connectivity index (χ2v) is 6.82. The van der Waals surface area contributed by atoms with Crippen molar-refractivity contribution in [2.24, 2.45) is 5.92 Å². The van der Waals surface area contributed by atoms with Gasteiger partial charge in [-0.15, -0.1) is 0 Å². The molecule has 0 amide bonds. The van der Waals surface area contributed by atoms with Gasteiger partial charge in [-0.1, -0.05) is 11.6 Å². The molecule has 1 fully saturated rings. The largest absolute Gasteiger partial charge is 0.249 e. The van der Waals surface area contributed by atoms with E-state index in [0.29, 0.717) is 6.04 Å². The lowest BCUT2D eigenvalue weighted by atomic mass is 9.91. The molecule has 2 unspecified atom stereocenters. The van der Waals surface area contributed by atoms with Crippen LogP contribution in [0.4, 0.5) is 0 Å². The Hall–Kier alpha value is -1.83. The van der Waals surface area contributed by atoms with Gasteiger partial charge in [-0.25, -0.2) is 9.13 Å². The number of nitrogens with zero attached hydrogens (tertiary/aromatic N) is 2. The fourth-order valence-corrected chi connectivity index (χ4v) is 4.22. The maximum Gasteiger partial charge on any atom is 0.249 e. The predicted molar refractivity (Wildman–Crippen MR) is 85.5 cm³/mol. The quantitative estimate of drug-likeness (QED) is 0.694. The molecule has 0 saturated heterocycles. The number of benzene rings is 1. The van der Waals surface area contributed by atoms with Gasteiger partial charge < -0.3 is 0 Å². The van der Waals surface area contributed by atoms with Gasteiger partial charge in [0.15, 0.2) is 5.69 Å². The first-order chi connectivity index (χ1) is 10.1. The van der Waals surface area contributed by atoms with Crippen molar-refractivity contribution in [1.82, 2.24) is 4.57 Å². The molecule has 2 heteroatoms. The van der Waals surface area contributed by atoms with Gasteiger partial charge in [0.05, 0.1) is 0 Å². The first-order valence-electron chi connectivity index (χ1n) is 8.02. The molecule has 0 bridgehead atoms. The molecule has 0 spiro atoms. The van der Waals surface area contributed by atoms with Gasteiger partial charge in [0.25, 0.3) is 0 Å². The third kappa shape index (κ3) is 2.05. The van der Waals surface area contributed by atoms with E-state index >= 15 is 0 Å². The molecule has 1 aliphatic heterocycles. The summed E-state index contributed by atoms with van der Waals surface area (Å²) in [6.45, 7) is 6.65. The van der Waals surface area contributed by atoms with E-state index in [1.807, 2.05) is 0 Å². The summed E-state index contributed by atoms with van der Waals surface area (Å²) in [4.78, 5) is 0. The zero-order valence-electron chi connectivity index (χ0n) is 13.1. The Morgan fingerprint density at radius 1 is 1.05 bits per heavy atom. The Balaban J connectivity index is 1.82. The average molecular weight is 279 g/mol. The Bertz CT molecular complexity index is 716. The van der Waals surface area contributed by atoms with Crippen molar-refractivity contribution in [3.05, 3.63) is 53.1 Å². The molecule has 2 aliphatic rings. The summed E-state index contributed by atoms with van der Waals surface area (Å²) < 4.78 is 4.79. The normalized spacial score (nSPS) is 23.7. The highest BCUT2D eigenvalue weighted by atomic mass is 15.2. The Morgan fingerprint density at radius 2 is 1.81 bits per heavy atom. The molecule has 2 atom stereocenters. The molecule has 1 aromatic heterocycles. The van der Waals surface area contributed by atoms with Gasteiger partial charge in [0, 0.05) is 5.92 Å². The Labute approximate surface area is 126 Å². The van der Waals surface area contributed by atoms with Crippen LogP contribution >= 0.6 is 0 Å². The monoisotopic (exact) mass is 279 g/mol. The highest BCUT2D eigenvalue weighted by Crippen LogP contribution is 2.44. The highest BCUT2D eigenvalue weighted by Gasteiger charge is 2.38. The minimum atomic E-state index is 0.678. The van der Waals surface area contributed by atoms with E-state index in [-0.39, 0.29) is 0 Å². The molecule has 4 rings (SSSR count).